The Balaban J connectivity index is 1.95. The molecule has 1 unspecified atom stereocenters. The van der Waals surface area contributed by atoms with Crippen LogP contribution in [-0.4, -0.2) is 11.5 Å². The summed E-state index contributed by atoms with van der Waals surface area (Å²) in [5, 5.41) is 0. The SMILES string of the molecule is CCCCc1ccc(Sc2ccc(CP(=O)(O)OCC)cc2)cc1. The molecule has 0 fully saturated rings. The molecule has 0 bridgehead atoms. The molecule has 0 saturated heterocycles. The van der Waals surface area contributed by atoms with Gasteiger partial charge in [-0.05, 0) is 55.2 Å². The smallest absolute Gasteiger partial charge is 0.324 e. The molecule has 0 aliphatic rings. The Hall–Kier alpha value is -1.06. The van der Waals surface area contributed by atoms with E-state index in [-0.39, 0.29) is 12.8 Å². The Labute approximate surface area is 149 Å². The van der Waals surface area contributed by atoms with Crippen LogP contribution in [0.3, 0.4) is 0 Å². The van der Waals surface area contributed by atoms with E-state index in [0.717, 1.165) is 16.9 Å². The molecule has 1 atom stereocenters. The van der Waals surface area contributed by atoms with Crippen molar-refractivity contribution in [2.45, 2.75) is 49.1 Å². The quantitative estimate of drug-likeness (QED) is 0.563. The minimum Gasteiger partial charge on any atom is -0.324 e. The monoisotopic (exact) mass is 364 g/mol. The highest BCUT2D eigenvalue weighted by molar-refractivity contribution is 7.99. The first-order valence-electron chi connectivity index (χ1n) is 8.34. The maximum atomic E-state index is 11.8. The van der Waals surface area contributed by atoms with Gasteiger partial charge in [0.2, 0.25) is 0 Å². The van der Waals surface area contributed by atoms with E-state index in [9.17, 15) is 9.46 Å². The van der Waals surface area contributed by atoms with Crippen molar-refractivity contribution < 1.29 is 14.0 Å². The molecule has 130 valence electrons. The number of rotatable bonds is 9. The predicted octanol–water partition coefficient (Wildman–Crippen LogP) is 5.90. The van der Waals surface area contributed by atoms with Crippen LogP contribution in [0.1, 0.15) is 37.8 Å². The summed E-state index contributed by atoms with van der Waals surface area (Å²) in [4.78, 5) is 12.0. The molecule has 24 heavy (non-hydrogen) atoms. The van der Waals surface area contributed by atoms with Crippen molar-refractivity contribution in [3.8, 4) is 0 Å². The summed E-state index contributed by atoms with van der Waals surface area (Å²) in [6.07, 6.45) is 3.63. The third kappa shape index (κ3) is 6.45. The van der Waals surface area contributed by atoms with Crippen molar-refractivity contribution >= 4 is 19.4 Å². The summed E-state index contributed by atoms with van der Waals surface area (Å²) >= 11 is 1.69. The summed E-state index contributed by atoms with van der Waals surface area (Å²) in [6, 6.07) is 16.4. The molecular weight excluding hydrogens is 339 g/mol. The van der Waals surface area contributed by atoms with Gasteiger partial charge in [0.05, 0.1) is 12.8 Å². The Morgan fingerprint density at radius 3 is 2.00 bits per heavy atom. The summed E-state index contributed by atoms with van der Waals surface area (Å²) in [6.45, 7) is 4.17. The molecule has 3 nitrogen and oxygen atoms in total. The Kier molecular flexibility index (Phi) is 7.57. The van der Waals surface area contributed by atoms with Crippen LogP contribution in [0.2, 0.25) is 0 Å². The summed E-state index contributed by atoms with van der Waals surface area (Å²) in [5.41, 5.74) is 2.19. The van der Waals surface area contributed by atoms with E-state index in [2.05, 4.69) is 31.2 Å². The first-order valence-corrected chi connectivity index (χ1v) is 10.9. The van der Waals surface area contributed by atoms with Gasteiger partial charge in [-0.3, -0.25) is 4.57 Å². The molecule has 0 aromatic heterocycles. The first-order chi connectivity index (χ1) is 11.5. The van der Waals surface area contributed by atoms with Gasteiger partial charge in [-0.1, -0.05) is 49.4 Å². The van der Waals surface area contributed by atoms with E-state index in [1.165, 1.54) is 23.3 Å². The molecule has 2 aromatic rings. The van der Waals surface area contributed by atoms with Crippen LogP contribution in [0.25, 0.3) is 0 Å². The van der Waals surface area contributed by atoms with Gasteiger partial charge in [-0.15, -0.1) is 0 Å². The average molecular weight is 364 g/mol. The minimum absolute atomic E-state index is 0.0535. The molecule has 0 radical (unpaired) electrons. The summed E-state index contributed by atoms with van der Waals surface area (Å²) in [7, 11) is -3.52. The number of hydrogen-bond donors (Lipinski definition) is 1. The van der Waals surface area contributed by atoms with E-state index in [1.54, 1.807) is 18.7 Å². The normalized spacial score (nSPS) is 13.6. The van der Waals surface area contributed by atoms with Gasteiger partial charge in [0, 0.05) is 9.79 Å². The largest absolute Gasteiger partial charge is 0.332 e. The zero-order chi connectivity index (χ0) is 17.4. The lowest BCUT2D eigenvalue weighted by atomic mass is 10.1. The fraction of sp³-hybridized carbons (Fsp3) is 0.368. The fourth-order valence-electron chi connectivity index (χ4n) is 2.38. The molecule has 1 N–H and O–H groups in total. The van der Waals surface area contributed by atoms with Crippen LogP contribution in [0.5, 0.6) is 0 Å². The first kappa shape index (κ1) is 19.3. The van der Waals surface area contributed by atoms with Crippen LogP contribution in [0.15, 0.2) is 58.3 Å². The highest BCUT2D eigenvalue weighted by Crippen LogP contribution is 2.45. The second kappa shape index (κ2) is 9.43. The number of hydrogen-bond acceptors (Lipinski definition) is 3. The van der Waals surface area contributed by atoms with Crippen LogP contribution in [0.4, 0.5) is 0 Å². The van der Waals surface area contributed by atoms with E-state index >= 15 is 0 Å². The summed E-state index contributed by atoms with van der Waals surface area (Å²) in [5.74, 6) is 0. The lowest BCUT2D eigenvalue weighted by Gasteiger charge is -2.11. The number of aryl methyl sites for hydroxylation is 1. The van der Waals surface area contributed by atoms with Crippen molar-refractivity contribution in [1.29, 1.82) is 0 Å². The molecular formula is C19H25O3PS. The zero-order valence-electron chi connectivity index (χ0n) is 14.3. The molecule has 0 spiro atoms. The van der Waals surface area contributed by atoms with Gasteiger partial charge in [0.1, 0.15) is 0 Å². The zero-order valence-corrected chi connectivity index (χ0v) is 16.0. The molecule has 2 aromatic carbocycles. The van der Waals surface area contributed by atoms with Crippen molar-refractivity contribution in [2.24, 2.45) is 0 Å². The second-order valence-corrected chi connectivity index (χ2v) is 8.70. The molecule has 0 amide bonds. The Morgan fingerprint density at radius 1 is 0.958 bits per heavy atom. The molecule has 5 heteroatoms. The maximum Gasteiger partial charge on any atom is 0.332 e. The van der Waals surface area contributed by atoms with E-state index < -0.39 is 7.60 Å². The van der Waals surface area contributed by atoms with Gasteiger partial charge < -0.3 is 9.42 Å². The van der Waals surface area contributed by atoms with Gasteiger partial charge in [-0.25, -0.2) is 0 Å². The Bertz CT molecular complexity index is 668. The predicted molar refractivity (Wildman–Crippen MR) is 101 cm³/mol. The lowest BCUT2D eigenvalue weighted by molar-refractivity contribution is 0.272. The fourth-order valence-corrected chi connectivity index (χ4v) is 4.37. The second-order valence-electron chi connectivity index (χ2n) is 5.71. The molecule has 0 aliphatic heterocycles. The van der Waals surface area contributed by atoms with E-state index in [1.807, 2.05) is 24.3 Å². The molecule has 0 heterocycles. The number of benzene rings is 2. The molecule has 2 rings (SSSR count). The van der Waals surface area contributed by atoms with Crippen molar-refractivity contribution in [2.75, 3.05) is 6.61 Å². The van der Waals surface area contributed by atoms with Crippen molar-refractivity contribution in [3.63, 3.8) is 0 Å². The third-order valence-corrected chi connectivity index (χ3v) is 6.06. The maximum absolute atomic E-state index is 11.8. The molecule has 0 aliphatic carbocycles. The van der Waals surface area contributed by atoms with Gasteiger partial charge in [-0.2, -0.15) is 0 Å². The molecule has 0 saturated carbocycles. The van der Waals surface area contributed by atoms with Gasteiger partial charge in [0.25, 0.3) is 0 Å². The Morgan fingerprint density at radius 2 is 1.50 bits per heavy atom. The third-order valence-electron chi connectivity index (χ3n) is 3.61. The standard InChI is InChI=1S/C19H25O3PS/c1-3-5-6-16-7-11-18(12-8-16)24-19-13-9-17(10-14-19)15-23(20,21)22-4-2/h7-14H,3-6,15H2,1-2H3,(H,20,21). The summed E-state index contributed by atoms with van der Waals surface area (Å²) < 4.78 is 16.7. The highest BCUT2D eigenvalue weighted by atomic mass is 32.2. The lowest BCUT2D eigenvalue weighted by Crippen LogP contribution is -1.93. The average Bonchev–Trinajstić information content (AvgIpc) is 2.56. The van der Waals surface area contributed by atoms with Crippen LogP contribution in [-0.2, 0) is 21.7 Å². The van der Waals surface area contributed by atoms with Crippen molar-refractivity contribution in [1.82, 2.24) is 0 Å². The van der Waals surface area contributed by atoms with Crippen molar-refractivity contribution in [3.05, 3.63) is 59.7 Å². The van der Waals surface area contributed by atoms with Gasteiger partial charge in [0.15, 0.2) is 0 Å². The minimum atomic E-state index is -3.52. The highest BCUT2D eigenvalue weighted by Gasteiger charge is 2.18. The van der Waals surface area contributed by atoms with Crippen LogP contribution < -0.4 is 0 Å². The van der Waals surface area contributed by atoms with E-state index in [4.69, 9.17) is 4.52 Å². The van der Waals surface area contributed by atoms with Gasteiger partial charge >= 0.3 is 7.60 Å². The van der Waals surface area contributed by atoms with Crippen LogP contribution >= 0.6 is 19.4 Å². The number of unbranched alkanes of at least 4 members (excludes halogenated alkanes) is 1. The van der Waals surface area contributed by atoms with E-state index in [0.29, 0.717) is 0 Å². The van der Waals surface area contributed by atoms with Crippen LogP contribution in [0, 0.1) is 0 Å². The topological polar surface area (TPSA) is 46.5 Å².